The van der Waals surface area contributed by atoms with Gasteiger partial charge in [0.1, 0.15) is 6.54 Å². The zero-order valence-corrected chi connectivity index (χ0v) is 13.5. The lowest BCUT2D eigenvalue weighted by molar-refractivity contribution is 0.0684. The third kappa shape index (κ3) is 3.61. The van der Waals surface area contributed by atoms with Crippen LogP contribution >= 0.6 is 0 Å². The van der Waals surface area contributed by atoms with Crippen LogP contribution in [-0.4, -0.2) is 50.5 Å². The molecular weight excluding hydrogens is 296 g/mol. The highest BCUT2D eigenvalue weighted by atomic mass is 16.5. The molecule has 1 saturated carbocycles. The first-order valence-electron chi connectivity index (χ1n) is 7.91. The Labute approximate surface area is 134 Å². The Morgan fingerprint density at radius 1 is 1.52 bits per heavy atom. The van der Waals surface area contributed by atoms with Crippen molar-refractivity contribution in [3.8, 4) is 0 Å². The van der Waals surface area contributed by atoms with Crippen molar-refractivity contribution in [3.05, 3.63) is 35.5 Å². The van der Waals surface area contributed by atoms with E-state index in [4.69, 9.17) is 4.52 Å². The number of rotatable bonds is 5. The second-order valence-electron chi connectivity index (χ2n) is 6.34. The highest BCUT2D eigenvalue weighted by Crippen LogP contribution is 2.26. The summed E-state index contributed by atoms with van der Waals surface area (Å²) in [5, 5.41) is 17.9. The minimum absolute atomic E-state index is 0.155. The van der Waals surface area contributed by atoms with Crippen molar-refractivity contribution in [2.24, 2.45) is 5.92 Å². The van der Waals surface area contributed by atoms with E-state index in [2.05, 4.69) is 10.3 Å². The van der Waals surface area contributed by atoms with Crippen molar-refractivity contribution < 1.29 is 14.4 Å². The molecule has 0 bridgehead atoms. The van der Waals surface area contributed by atoms with E-state index in [0.717, 1.165) is 24.8 Å². The Morgan fingerprint density at radius 2 is 2.35 bits per heavy atom. The molecule has 2 heterocycles. The van der Waals surface area contributed by atoms with Gasteiger partial charge in [0.25, 0.3) is 5.91 Å². The van der Waals surface area contributed by atoms with Gasteiger partial charge in [0.05, 0.1) is 12.3 Å². The van der Waals surface area contributed by atoms with Gasteiger partial charge in [-0.25, -0.2) is 0 Å². The van der Waals surface area contributed by atoms with Crippen LogP contribution in [0.25, 0.3) is 0 Å². The van der Waals surface area contributed by atoms with Crippen LogP contribution in [0.2, 0.25) is 0 Å². The maximum Gasteiger partial charge on any atom is 0.275 e. The monoisotopic (exact) mass is 318 g/mol. The van der Waals surface area contributed by atoms with Crippen molar-refractivity contribution in [2.45, 2.75) is 38.8 Å². The average Bonchev–Trinajstić information content (AvgIpc) is 3.23. The quantitative estimate of drug-likeness (QED) is 0.902. The van der Waals surface area contributed by atoms with Gasteiger partial charge in [-0.15, -0.1) is 0 Å². The van der Waals surface area contributed by atoms with E-state index in [1.54, 1.807) is 28.9 Å². The number of carbonyl (C=O) groups is 1. The molecule has 1 aliphatic rings. The fraction of sp³-hybridized carbons (Fsp3) is 0.562. The molecule has 1 N–H and O–H groups in total. The summed E-state index contributed by atoms with van der Waals surface area (Å²) >= 11 is 0. The highest BCUT2D eigenvalue weighted by Gasteiger charge is 2.28. The van der Waals surface area contributed by atoms with Crippen LogP contribution in [0.3, 0.4) is 0 Å². The zero-order chi connectivity index (χ0) is 16.4. The van der Waals surface area contributed by atoms with Crippen molar-refractivity contribution in [2.75, 3.05) is 13.6 Å². The molecule has 2 aromatic rings. The van der Waals surface area contributed by atoms with Gasteiger partial charge in [-0.05, 0) is 25.3 Å². The fourth-order valence-corrected chi connectivity index (χ4v) is 3.06. The number of amides is 1. The molecule has 2 atom stereocenters. The second-order valence-corrected chi connectivity index (χ2v) is 6.34. The van der Waals surface area contributed by atoms with Crippen molar-refractivity contribution >= 4 is 5.91 Å². The van der Waals surface area contributed by atoms with E-state index < -0.39 is 0 Å². The predicted molar refractivity (Wildman–Crippen MR) is 82.9 cm³/mol. The molecule has 0 aromatic carbocycles. The van der Waals surface area contributed by atoms with Crippen LogP contribution in [0.15, 0.2) is 23.0 Å². The summed E-state index contributed by atoms with van der Waals surface area (Å²) in [5.74, 6) is 0.559. The number of carbonyl (C=O) groups excluding carboxylic acids is 1. The number of aryl methyl sites for hydroxylation is 1. The number of hydrogen-bond donors (Lipinski definition) is 1. The standard InChI is InChI=1S/C16H22N4O3/c1-11-7-17-20(8-11)10-13-6-14(18-23-13)16(22)19(2)9-12-4-3-5-15(12)21/h6-8,12,15,21H,3-5,9-10H2,1-2H3. The Hall–Kier alpha value is -2.15. The van der Waals surface area contributed by atoms with Crippen LogP contribution < -0.4 is 0 Å². The first kappa shape index (κ1) is 15.7. The van der Waals surface area contributed by atoms with Crippen LogP contribution in [-0.2, 0) is 6.54 Å². The van der Waals surface area contributed by atoms with E-state index in [1.165, 1.54) is 0 Å². The van der Waals surface area contributed by atoms with Crippen molar-refractivity contribution in [3.63, 3.8) is 0 Å². The smallest absolute Gasteiger partial charge is 0.275 e. The topological polar surface area (TPSA) is 84.4 Å². The molecule has 3 rings (SSSR count). The first-order valence-corrected chi connectivity index (χ1v) is 7.91. The highest BCUT2D eigenvalue weighted by molar-refractivity contribution is 5.92. The van der Waals surface area contributed by atoms with Crippen LogP contribution in [0.4, 0.5) is 0 Å². The van der Waals surface area contributed by atoms with E-state index in [0.29, 0.717) is 24.5 Å². The Morgan fingerprint density at radius 3 is 3.00 bits per heavy atom. The molecule has 23 heavy (non-hydrogen) atoms. The molecule has 0 spiro atoms. The lowest BCUT2D eigenvalue weighted by Crippen LogP contribution is -2.34. The molecule has 1 amide bonds. The number of nitrogens with zero attached hydrogens (tertiary/aromatic N) is 4. The summed E-state index contributed by atoms with van der Waals surface area (Å²) in [6, 6.07) is 1.65. The van der Waals surface area contributed by atoms with Crippen molar-refractivity contribution in [1.29, 1.82) is 0 Å². The van der Waals surface area contributed by atoms with Gasteiger partial charge < -0.3 is 14.5 Å². The maximum atomic E-state index is 12.4. The first-order chi connectivity index (χ1) is 11.0. The fourth-order valence-electron chi connectivity index (χ4n) is 3.06. The number of aliphatic hydroxyl groups is 1. The lowest BCUT2D eigenvalue weighted by atomic mass is 10.1. The summed E-state index contributed by atoms with van der Waals surface area (Å²) in [6.45, 7) is 2.95. The average molecular weight is 318 g/mol. The normalized spacial score (nSPS) is 20.8. The van der Waals surface area contributed by atoms with Gasteiger partial charge in [-0.3, -0.25) is 9.48 Å². The third-order valence-corrected chi connectivity index (χ3v) is 4.33. The molecular formula is C16H22N4O3. The van der Waals surface area contributed by atoms with Crippen LogP contribution in [0.5, 0.6) is 0 Å². The number of hydrogen-bond acceptors (Lipinski definition) is 5. The zero-order valence-electron chi connectivity index (χ0n) is 13.5. The molecule has 0 aliphatic heterocycles. The summed E-state index contributed by atoms with van der Waals surface area (Å²) in [7, 11) is 1.73. The maximum absolute atomic E-state index is 12.4. The van der Waals surface area contributed by atoms with E-state index in [-0.39, 0.29) is 17.9 Å². The molecule has 2 unspecified atom stereocenters. The van der Waals surface area contributed by atoms with E-state index >= 15 is 0 Å². The predicted octanol–water partition coefficient (Wildman–Crippen LogP) is 1.46. The van der Waals surface area contributed by atoms with Crippen LogP contribution in [0.1, 0.15) is 41.1 Å². The SMILES string of the molecule is Cc1cnn(Cc2cc(C(=O)N(C)CC3CCCC3O)no2)c1. The third-order valence-electron chi connectivity index (χ3n) is 4.33. The molecule has 0 radical (unpaired) electrons. The molecule has 1 fully saturated rings. The lowest BCUT2D eigenvalue weighted by Gasteiger charge is -2.22. The van der Waals surface area contributed by atoms with Gasteiger partial charge in [-0.2, -0.15) is 5.10 Å². The summed E-state index contributed by atoms with van der Waals surface area (Å²) in [4.78, 5) is 14.0. The van der Waals surface area contributed by atoms with E-state index in [9.17, 15) is 9.90 Å². The molecule has 0 saturated heterocycles. The molecule has 7 heteroatoms. The summed E-state index contributed by atoms with van der Waals surface area (Å²) in [6.07, 6.45) is 6.17. The van der Waals surface area contributed by atoms with Crippen molar-refractivity contribution in [1.82, 2.24) is 19.8 Å². The molecule has 2 aromatic heterocycles. The van der Waals surface area contributed by atoms with Gasteiger partial charge >= 0.3 is 0 Å². The number of aliphatic hydroxyl groups excluding tert-OH is 1. The summed E-state index contributed by atoms with van der Waals surface area (Å²) in [5.41, 5.74) is 1.36. The summed E-state index contributed by atoms with van der Waals surface area (Å²) < 4.78 is 6.97. The minimum Gasteiger partial charge on any atom is -0.393 e. The molecule has 1 aliphatic carbocycles. The molecule has 7 nitrogen and oxygen atoms in total. The number of aromatic nitrogens is 3. The van der Waals surface area contributed by atoms with Gasteiger partial charge in [-0.1, -0.05) is 11.6 Å². The molecule has 124 valence electrons. The largest absolute Gasteiger partial charge is 0.393 e. The van der Waals surface area contributed by atoms with Gasteiger partial charge in [0.15, 0.2) is 11.5 Å². The minimum atomic E-state index is -0.304. The Bertz CT molecular complexity index is 678. The van der Waals surface area contributed by atoms with E-state index in [1.807, 2.05) is 13.1 Å². The Kier molecular flexibility index (Phi) is 4.47. The van der Waals surface area contributed by atoms with Gasteiger partial charge in [0, 0.05) is 31.8 Å². The van der Waals surface area contributed by atoms with Gasteiger partial charge in [0.2, 0.25) is 0 Å². The Balaban J connectivity index is 1.61. The second kappa shape index (κ2) is 6.54. The van der Waals surface area contributed by atoms with Crippen LogP contribution in [0, 0.1) is 12.8 Å².